The van der Waals surface area contributed by atoms with Crippen molar-refractivity contribution in [3.05, 3.63) is 30.1 Å². The Labute approximate surface area is 94.9 Å². The average Bonchev–Trinajstić information content (AvgIpc) is 2.07. The van der Waals surface area contributed by atoms with Crippen LogP contribution in [-0.4, -0.2) is 9.70 Å². The molecule has 0 aliphatic rings. The highest BCUT2D eigenvalue weighted by atomic mass is 35.6. The van der Waals surface area contributed by atoms with Gasteiger partial charge < -0.3 is 5.32 Å². The van der Waals surface area contributed by atoms with Gasteiger partial charge in [0.2, 0.25) is 0 Å². The molecule has 0 radical (unpaired) electrons. The maximum absolute atomic E-state index is 12.5. The summed E-state index contributed by atoms with van der Waals surface area (Å²) in [5.74, 6) is -1.19. The third kappa shape index (κ3) is 3.33. The highest BCUT2D eigenvalue weighted by Crippen LogP contribution is 2.27. The van der Waals surface area contributed by atoms with Gasteiger partial charge in [-0.25, -0.2) is 4.39 Å². The lowest BCUT2D eigenvalue weighted by molar-refractivity contribution is -0.115. The van der Waals surface area contributed by atoms with Crippen molar-refractivity contribution < 1.29 is 9.18 Å². The molecule has 2 nitrogen and oxygen atoms in total. The van der Waals surface area contributed by atoms with Crippen molar-refractivity contribution in [2.45, 2.75) is 3.79 Å². The van der Waals surface area contributed by atoms with Crippen LogP contribution >= 0.6 is 34.8 Å². The Balaban J connectivity index is 2.71. The molecule has 0 fully saturated rings. The molecule has 0 aliphatic carbocycles. The van der Waals surface area contributed by atoms with Crippen molar-refractivity contribution >= 4 is 46.4 Å². The van der Waals surface area contributed by atoms with Gasteiger partial charge in [0.05, 0.1) is 0 Å². The summed E-state index contributed by atoms with van der Waals surface area (Å²) in [5.41, 5.74) is 0.364. The number of halogens is 4. The molecule has 0 saturated carbocycles. The summed E-state index contributed by atoms with van der Waals surface area (Å²) in [7, 11) is 0. The molecule has 0 bridgehead atoms. The summed E-state index contributed by atoms with van der Waals surface area (Å²) in [6, 6.07) is 5.11. The first-order valence-corrected chi connectivity index (χ1v) is 4.67. The summed E-state index contributed by atoms with van der Waals surface area (Å²) in [6.45, 7) is 0. The highest BCUT2D eigenvalue weighted by Gasteiger charge is 2.30. The van der Waals surface area contributed by atoms with Gasteiger partial charge in [0, 0.05) is 5.69 Å². The Kier molecular flexibility index (Phi) is 3.59. The third-order valence-corrected chi connectivity index (χ3v) is 1.87. The van der Waals surface area contributed by atoms with E-state index < -0.39 is 15.5 Å². The number of amides is 1. The molecule has 0 unspecified atom stereocenters. The normalized spacial score (nSPS) is 11.1. The summed E-state index contributed by atoms with van der Waals surface area (Å²) >= 11 is 15.9. The maximum atomic E-state index is 12.5. The molecule has 0 saturated heterocycles. The van der Waals surface area contributed by atoms with Gasteiger partial charge in [-0.2, -0.15) is 0 Å². The molecule has 1 amide bonds. The van der Waals surface area contributed by atoms with E-state index in [-0.39, 0.29) is 0 Å². The van der Waals surface area contributed by atoms with E-state index in [1.54, 1.807) is 0 Å². The average molecular weight is 256 g/mol. The van der Waals surface area contributed by atoms with Crippen molar-refractivity contribution in [3.63, 3.8) is 0 Å². The molecule has 14 heavy (non-hydrogen) atoms. The first-order valence-electron chi connectivity index (χ1n) is 3.53. The molecular formula is C8H5Cl3FNO. The second-order valence-electron chi connectivity index (χ2n) is 2.46. The highest BCUT2D eigenvalue weighted by molar-refractivity contribution is 6.76. The zero-order valence-electron chi connectivity index (χ0n) is 6.73. The largest absolute Gasteiger partial charge is 0.322 e. The number of hydrogen-bond acceptors (Lipinski definition) is 1. The fourth-order valence-corrected chi connectivity index (χ4v) is 0.877. The molecule has 0 heterocycles. The molecule has 6 heteroatoms. The van der Waals surface area contributed by atoms with E-state index in [9.17, 15) is 9.18 Å². The molecule has 76 valence electrons. The van der Waals surface area contributed by atoms with Crippen LogP contribution < -0.4 is 5.32 Å². The predicted octanol–water partition coefficient (Wildman–Crippen LogP) is 3.13. The Bertz CT molecular complexity index is 333. The summed E-state index contributed by atoms with van der Waals surface area (Å²) in [6.07, 6.45) is 0. The van der Waals surface area contributed by atoms with Crippen LogP contribution in [0.3, 0.4) is 0 Å². The fourth-order valence-electron chi connectivity index (χ4n) is 0.735. The summed E-state index contributed by atoms with van der Waals surface area (Å²) in [5, 5.41) is 2.31. The quantitative estimate of drug-likeness (QED) is 0.769. The first kappa shape index (κ1) is 11.6. The molecule has 0 atom stereocenters. The summed E-state index contributed by atoms with van der Waals surface area (Å²) < 4.78 is 10.4. The SMILES string of the molecule is O=C(Nc1ccc(F)cc1)C(Cl)(Cl)Cl. The van der Waals surface area contributed by atoms with Crippen LogP contribution in [0.4, 0.5) is 10.1 Å². The van der Waals surface area contributed by atoms with Gasteiger partial charge >= 0.3 is 0 Å². The number of benzene rings is 1. The van der Waals surface area contributed by atoms with Crippen molar-refractivity contribution in [1.82, 2.24) is 0 Å². The number of hydrogen-bond donors (Lipinski definition) is 1. The molecule has 0 aromatic heterocycles. The van der Waals surface area contributed by atoms with Crippen LogP contribution in [0.1, 0.15) is 0 Å². The zero-order valence-corrected chi connectivity index (χ0v) is 9.00. The van der Waals surface area contributed by atoms with Crippen molar-refractivity contribution in [1.29, 1.82) is 0 Å². The van der Waals surface area contributed by atoms with Crippen LogP contribution in [0.2, 0.25) is 0 Å². The van der Waals surface area contributed by atoms with Crippen molar-refractivity contribution in [2.75, 3.05) is 5.32 Å². The number of carbonyl (C=O) groups excluding carboxylic acids is 1. The van der Waals surface area contributed by atoms with E-state index in [1.165, 1.54) is 24.3 Å². The number of alkyl halides is 3. The van der Waals surface area contributed by atoms with E-state index in [0.717, 1.165) is 0 Å². The molecule has 1 aromatic rings. The van der Waals surface area contributed by atoms with Crippen LogP contribution in [-0.2, 0) is 4.79 Å². The minimum Gasteiger partial charge on any atom is -0.322 e. The van der Waals surface area contributed by atoms with Crippen LogP contribution in [0, 0.1) is 5.82 Å². The maximum Gasteiger partial charge on any atom is 0.276 e. The summed E-state index contributed by atoms with van der Waals surface area (Å²) in [4.78, 5) is 11.1. The van der Waals surface area contributed by atoms with Gasteiger partial charge in [-0.05, 0) is 24.3 Å². The van der Waals surface area contributed by atoms with E-state index in [4.69, 9.17) is 34.8 Å². The van der Waals surface area contributed by atoms with Gasteiger partial charge in [-0.3, -0.25) is 4.79 Å². The van der Waals surface area contributed by atoms with Gasteiger partial charge in [0.15, 0.2) is 0 Å². The standard InChI is InChI=1S/C8H5Cl3FNO/c9-8(10,11)7(14)13-6-3-1-5(12)2-4-6/h1-4H,(H,13,14). The number of carbonyl (C=O) groups is 1. The van der Waals surface area contributed by atoms with Gasteiger partial charge in [0.25, 0.3) is 9.70 Å². The van der Waals surface area contributed by atoms with Gasteiger partial charge in [-0.1, -0.05) is 34.8 Å². The molecular weight excluding hydrogens is 251 g/mol. The molecule has 0 spiro atoms. The lowest BCUT2D eigenvalue weighted by atomic mass is 10.3. The Morgan fingerprint density at radius 2 is 1.71 bits per heavy atom. The van der Waals surface area contributed by atoms with Crippen LogP contribution in [0.15, 0.2) is 24.3 Å². The predicted molar refractivity (Wildman–Crippen MR) is 55.3 cm³/mol. The Morgan fingerprint density at radius 3 is 2.14 bits per heavy atom. The zero-order chi connectivity index (χ0) is 10.8. The second-order valence-corrected chi connectivity index (χ2v) is 4.74. The minimum absolute atomic E-state index is 0.364. The smallest absolute Gasteiger partial charge is 0.276 e. The van der Waals surface area contributed by atoms with E-state index >= 15 is 0 Å². The van der Waals surface area contributed by atoms with Crippen molar-refractivity contribution in [2.24, 2.45) is 0 Å². The monoisotopic (exact) mass is 255 g/mol. The Hall–Kier alpha value is -0.510. The minimum atomic E-state index is -2.02. The number of anilines is 1. The second kappa shape index (κ2) is 4.34. The topological polar surface area (TPSA) is 29.1 Å². The van der Waals surface area contributed by atoms with E-state index in [2.05, 4.69) is 5.32 Å². The van der Waals surface area contributed by atoms with Crippen LogP contribution in [0.25, 0.3) is 0 Å². The third-order valence-electron chi connectivity index (χ3n) is 1.36. The van der Waals surface area contributed by atoms with Crippen LogP contribution in [0.5, 0.6) is 0 Å². The lowest BCUT2D eigenvalue weighted by Gasteiger charge is -2.10. The fraction of sp³-hybridized carbons (Fsp3) is 0.125. The molecule has 1 rings (SSSR count). The van der Waals surface area contributed by atoms with E-state index in [0.29, 0.717) is 5.69 Å². The van der Waals surface area contributed by atoms with Gasteiger partial charge in [0.1, 0.15) is 5.82 Å². The van der Waals surface area contributed by atoms with Crippen molar-refractivity contribution in [3.8, 4) is 0 Å². The first-order chi connectivity index (χ1) is 6.39. The molecule has 1 aromatic carbocycles. The number of nitrogens with one attached hydrogen (secondary N) is 1. The molecule has 0 aliphatic heterocycles. The van der Waals surface area contributed by atoms with E-state index in [1.807, 2.05) is 0 Å². The Morgan fingerprint density at radius 1 is 1.21 bits per heavy atom. The van der Waals surface area contributed by atoms with Gasteiger partial charge in [-0.15, -0.1) is 0 Å². The number of rotatable bonds is 1. The lowest BCUT2D eigenvalue weighted by Crippen LogP contribution is -2.26. The molecule has 1 N–H and O–H groups in total.